The predicted molar refractivity (Wildman–Crippen MR) is 167 cm³/mol. The van der Waals surface area contributed by atoms with Crippen LogP contribution in [0.5, 0.6) is 0 Å². The molecule has 0 saturated carbocycles. The molecule has 5 aromatic rings. The Morgan fingerprint density at radius 2 is 1.61 bits per heavy atom. The monoisotopic (exact) mass is 605 g/mol. The zero-order valence-corrected chi connectivity index (χ0v) is 25.0. The van der Waals surface area contributed by atoms with Crippen molar-refractivity contribution >= 4 is 60.5 Å². The summed E-state index contributed by atoms with van der Waals surface area (Å²) in [5.41, 5.74) is 3.74. The number of carbonyl (C=O) groups is 1. The number of hydrogen-bond donors (Lipinski definition) is 2. The lowest BCUT2D eigenvalue weighted by Crippen LogP contribution is -2.15. The first-order chi connectivity index (χ1) is 19.4. The number of fused-ring (bicyclic) bond motifs is 1. The maximum Gasteiger partial charge on any atom is 0.308 e. The van der Waals surface area contributed by atoms with Gasteiger partial charge in [0.05, 0.1) is 27.3 Å². The second kappa shape index (κ2) is 11.2. The second-order valence-electron chi connectivity index (χ2n) is 10.6. The molecular formula is C31H28ClN3O4S2. The number of thiazole rings is 1. The molecule has 10 heteroatoms. The molecule has 0 aliphatic heterocycles. The number of benzene rings is 4. The fourth-order valence-electron chi connectivity index (χ4n) is 4.36. The van der Waals surface area contributed by atoms with Crippen LogP contribution in [-0.4, -0.2) is 18.9 Å². The molecule has 0 fully saturated rings. The molecule has 2 N–H and O–H groups in total. The summed E-state index contributed by atoms with van der Waals surface area (Å²) >= 11 is 7.25. The highest BCUT2D eigenvalue weighted by atomic mass is 35.5. The first kappa shape index (κ1) is 28.6. The van der Waals surface area contributed by atoms with E-state index in [0.717, 1.165) is 22.5 Å². The third-order valence-corrected chi connectivity index (χ3v) is 9.31. The van der Waals surface area contributed by atoms with Crippen molar-refractivity contribution in [3.8, 4) is 0 Å². The Morgan fingerprint density at radius 1 is 0.902 bits per heavy atom. The zero-order chi connectivity index (χ0) is 29.4. The van der Waals surface area contributed by atoms with Gasteiger partial charge in [-0.15, -0.1) is 0 Å². The molecule has 0 bridgehead atoms. The van der Waals surface area contributed by atoms with Crippen LogP contribution >= 0.6 is 22.9 Å². The Hall–Kier alpha value is -3.92. The van der Waals surface area contributed by atoms with Crippen LogP contribution in [0.1, 0.15) is 42.3 Å². The molecule has 1 amide bonds. The van der Waals surface area contributed by atoms with Crippen molar-refractivity contribution in [2.75, 3.05) is 10.0 Å². The van der Waals surface area contributed by atoms with Gasteiger partial charge in [0.1, 0.15) is 0 Å². The topological polar surface area (TPSA) is 97.3 Å². The van der Waals surface area contributed by atoms with Gasteiger partial charge in [-0.3, -0.25) is 18.9 Å². The molecule has 0 unspecified atom stereocenters. The molecule has 0 saturated heterocycles. The highest BCUT2D eigenvalue weighted by molar-refractivity contribution is 7.92. The minimum atomic E-state index is -3.98. The van der Waals surface area contributed by atoms with Crippen LogP contribution in [0.4, 0.5) is 11.4 Å². The summed E-state index contributed by atoms with van der Waals surface area (Å²) in [6, 6.07) is 25.7. The quantitative estimate of drug-likeness (QED) is 0.206. The predicted octanol–water partition coefficient (Wildman–Crippen LogP) is 7.12. The zero-order valence-electron chi connectivity index (χ0n) is 22.6. The summed E-state index contributed by atoms with van der Waals surface area (Å²) in [5.74, 6) is -0.299. The highest BCUT2D eigenvalue weighted by Gasteiger charge is 2.19. The minimum absolute atomic E-state index is 0.0181. The van der Waals surface area contributed by atoms with Gasteiger partial charge in [-0.1, -0.05) is 80.1 Å². The van der Waals surface area contributed by atoms with E-state index in [1.54, 1.807) is 53.1 Å². The van der Waals surface area contributed by atoms with E-state index in [0.29, 0.717) is 26.5 Å². The molecule has 4 aromatic carbocycles. The number of nitrogens with zero attached hydrogens (tertiary/aromatic N) is 1. The van der Waals surface area contributed by atoms with Crippen LogP contribution < -0.4 is 14.9 Å². The average molecular weight is 606 g/mol. The molecule has 210 valence electrons. The summed E-state index contributed by atoms with van der Waals surface area (Å²) in [6.45, 7) is 6.59. The van der Waals surface area contributed by atoms with E-state index in [9.17, 15) is 18.0 Å². The van der Waals surface area contributed by atoms with Crippen molar-refractivity contribution in [3.63, 3.8) is 0 Å². The van der Waals surface area contributed by atoms with Crippen LogP contribution in [0.25, 0.3) is 10.2 Å². The van der Waals surface area contributed by atoms with E-state index in [1.807, 2.05) is 30.3 Å². The fourth-order valence-corrected chi connectivity index (χ4v) is 6.64. The van der Waals surface area contributed by atoms with Crippen LogP contribution in [-0.2, 0) is 22.0 Å². The van der Waals surface area contributed by atoms with E-state index in [-0.39, 0.29) is 33.3 Å². The van der Waals surface area contributed by atoms with Gasteiger partial charge in [0.25, 0.3) is 15.9 Å². The lowest BCUT2D eigenvalue weighted by atomic mass is 9.87. The number of sulfonamides is 1. The Balaban J connectivity index is 1.33. The van der Waals surface area contributed by atoms with Crippen molar-refractivity contribution in [1.29, 1.82) is 0 Å². The van der Waals surface area contributed by atoms with Gasteiger partial charge in [0, 0.05) is 16.3 Å². The summed E-state index contributed by atoms with van der Waals surface area (Å²) < 4.78 is 31.2. The Bertz CT molecular complexity index is 1920. The van der Waals surface area contributed by atoms with Gasteiger partial charge in [0.15, 0.2) is 0 Å². The van der Waals surface area contributed by atoms with E-state index < -0.39 is 10.0 Å². The van der Waals surface area contributed by atoms with Gasteiger partial charge < -0.3 is 5.32 Å². The van der Waals surface area contributed by atoms with Gasteiger partial charge in [-0.2, -0.15) is 0 Å². The first-order valence-electron chi connectivity index (χ1n) is 12.8. The minimum Gasteiger partial charge on any atom is -0.322 e. The lowest BCUT2D eigenvalue weighted by molar-refractivity contribution is 0.102. The molecule has 0 radical (unpaired) electrons. The molecular weight excluding hydrogens is 578 g/mol. The van der Waals surface area contributed by atoms with Crippen molar-refractivity contribution in [1.82, 2.24) is 4.57 Å². The largest absolute Gasteiger partial charge is 0.322 e. The molecule has 41 heavy (non-hydrogen) atoms. The number of rotatable bonds is 7. The molecule has 7 nitrogen and oxygen atoms in total. The van der Waals surface area contributed by atoms with Gasteiger partial charge in [0.2, 0.25) is 0 Å². The van der Waals surface area contributed by atoms with E-state index in [4.69, 9.17) is 11.6 Å². The van der Waals surface area contributed by atoms with Crippen LogP contribution in [0.3, 0.4) is 0 Å². The van der Waals surface area contributed by atoms with Gasteiger partial charge in [-0.05, 0) is 71.1 Å². The summed E-state index contributed by atoms with van der Waals surface area (Å²) in [6.07, 6.45) is 0. The lowest BCUT2D eigenvalue weighted by Gasteiger charge is -2.19. The van der Waals surface area contributed by atoms with Crippen molar-refractivity contribution in [2.24, 2.45) is 0 Å². The second-order valence-corrected chi connectivity index (χ2v) is 13.7. The molecule has 0 atom stereocenters. The number of aromatic nitrogens is 1. The number of nitrogens with one attached hydrogen (secondary N) is 2. The molecule has 5 rings (SSSR count). The van der Waals surface area contributed by atoms with Crippen molar-refractivity contribution in [2.45, 2.75) is 37.6 Å². The van der Waals surface area contributed by atoms with Gasteiger partial charge >= 0.3 is 4.87 Å². The summed E-state index contributed by atoms with van der Waals surface area (Å²) in [5, 5.41) is 3.38. The van der Waals surface area contributed by atoms with E-state index in [2.05, 4.69) is 30.8 Å². The van der Waals surface area contributed by atoms with Crippen LogP contribution in [0.2, 0.25) is 5.02 Å². The average Bonchev–Trinajstić information content (AvgIpc) is 3.23. The number of hydrogen-bond acceptors (Lipinski definition) is 5. The van der Waals surface area contributed by atoms with Crippen LogP contribution in [0.15, 0.2) is 101 Å². The Labute approximate surface area is 247 Å². The maximum absolute atomic E-state index is 13.2. The number of carbonyl (C=O) groups excluding carboxylic acids is 1. The molecule has 0 spiro atoms. The van der Waals surface area contributed by atoms with Crippen LogP contribution in [0, 0.1) is 0 Å². The van der Waals surface area contributed by atoms with Crippen molar-refractivity contribution in [3.05, 3.63) is 122 Å². The number of halogens is 1. The van der Waals surface area contributed by atoms with Gasteiger partial charge in [-0.25, -0.2) is 8.42 Å². The Kier molecular flexibility index (Phi) is 7.78. The number of amides is 1. The third-order valence-electron chi connectivity index (χ3n) is 6.62. The highest BCUT2D eigenvalue weighted by Crippen LogP contribution is 2.27. The number of anilines is 2. The molecule has 0 aliphatic carbocycles. The first-order valence-corrected chi connectivity index (χ1v) is 15.5. The van der Waals surface area contributed by atoms with E-state index in [1.165, 1.54) is 12.1 Å². The smallest absolute Gasteiger partial charge is 0.308 e. The Morgan fingerprint density at radius 3 is 2.32 bits per heavy atom. The summed E-state index contributed by atoms with van der Waals surface area (Å²) in [4.78, 5) is 25.3. The SMILES string of the molecule is CC(C)(C)c1ccc(C(=O)Nc2cccc(NS(=O)(=O)c3ccc4c(c3)sc(=O)n4Cc3ccccc3Cl)c2)cc1. The maximum atomic E-state index is 13.2. The normalized spacial score (nSPS) is 11.9. The third kappa shape index (κ3) is 6.37. The van der Waals surface area contributed by atoms with Crippen molar-refractivity contribution < 1.29 is 13.2 Å². The molecule has 0 aliphatic rings. The molecule has 1 heterocycles. The fraction of sp³-hybridized carbons (Fsp3) is 0.161. The molecule has 1 aromatic heterocycles. The van der Waals surface area contributed by atoms with E-state index >= 15 is 0 Å². The standard InChI is InChI=1S/C31H28ClN3O4S2/c1-31(2,3)22-13-11-20(12-14-22)29(36)33-23-8-6-9-24(17-23)34-41(38,39)25-15-16-27-28(18-25)40-30(37)35(27)19-21-7-4-5-10-26(21)32/h4-18,34H,19H2,1-3H3,(H,33,36). The summed E-state index contributed by atoms with van der Waals surface area (Å²) in [7, 11) is -3.98.